The Morgan fingerprint density at radius 2 is 2.39 bits per heavy atom. The van der Waals surface area contributed by atoms with Gasteiger partial charge >= 0.3 is 0 Å². The lowest BCUT2D eigenvalue weighted by atomic mass is 9.87. The van der Waals surface area contributed by atoms with E-state index in [1.54, 1.807) is 18.3 Å². The molecule has 3 unspecified atom stereocenters. The predicted octanol–water partition coefficient (Wildman–Crippen LogP) is 2.44. The van der Waals surface area contributed by atoms with Gasteiger partial charge in [-0.2, -0.15) is 0 Å². The normalized spacial score (nSPS) is 22.1. The van der Waals surface area contributed by atoms with Crippen molar-refractivity contribution in [1.29, 1.82) is 0 Å². The van der Waals surface area contributed by atoms with Crippen LogP contribution in [0.3, 0.4) is 0 Å². The number of aliphatic hydroxyl groups excluding tert-OH is 1. The van der Waals surface area contributed by atoms with Crippen LogP contribution in [-0.2, 0) is 11.2 Å². The van der Waals surface area contributed by atoms with E-state index in [9.17, 15) is 9.90 Å². The number of rotatable bonds is 4. The zero-order chi connectivity index (χ0) is 13.1. The first-order valence-electron chi connectivity index (χ1n) is 6.62. The van der Waals surface area contributed by atoms with Gasteiger partial charge in [0.1, 0.15) is 0 Å². The second-order valence-electron chi connectivity index (χ2n) is 5.24. The van der Waals surface area contributed by atoms with E-state index in [1.807, 2.05) is 6.92 Å². The maximum Gasteiger partial charge on any atom is 0.227 e. The molecule has 1 aliphatic rings. The fourth-order valence-electron chi connectivity index (χ4n) is 2.67. The number of fused-ring (bicyclic) bond motifs is 1. The third kappa shape index (κ3) is 3.12. The molecule has 0 saturated heterocycles. The maximum atomic E-state index is 12.3. The molecule has 3 nitrogen and oxygen atoms in total. The molecule has 2 N–H and O–H groups in total. The summed E-state index contributed by atoms with van der Waals surface area (Å²) in [4.78, 5) is 13.6. The summed E-state index contributed by atoms with van der Waals surface area (Å²) < 4.78 is 0. The number of hydrogen-bond acceptors (Lipinski definition) is 3. The van der Waals surface area contributed by atoms with Gasteiger partial charge in [0, 0.05) is 10.9 Å². The van der Waals surface area contributed by atoms with E-state index in [2.05, 4.69) is 16.8 Å². The number of carbonyl (C=O) groups excluding carboxylic acids is 1. The molecule has 1 heterocycles. The van der Waals surface area contributed by atoms with Crippen molar-refractivity contribution in [2.24, 2.45) is 0 Å². The molecule has 2 rings (SSSR count). The van der Waals surface area contributed by atoms with Gasteiger partial charge in [-0.1, -0.05) is 0 Å². The fourth-order valence-corrected chi connectivity index (χ4v) is 3.66. The number of amides is 1. The summed E-state index contributed by atoms with van der Waals surface area (Å²) in [6, 6.07) is 2.12. The smallest absolute Gasteiger partial charge is 0.227 e. The first-order chi connectivity index (χ1) is 8.58. The van der Waals surface area contributed by atoms with E-state index in [1.165, 1.54) is 10.4 Å². The van der Waals surface area contributed by atoms with Crippen LogP contribution < -0.4 is 5.32 Å². The second-order valence-corrected chi connectivity index (χ2v) is 6.24. The highest BCUT2D eigenvalue weighted by Gasteiger charge is 2.27. The molecule has 0 bridgehead atoms. The van der Waals surface area contributed by atoms with Crippen LogP contribution in [0.15, 0.2) is 11.4 Å². The van der Waals surface area contributed by atoms with Crippen LogP contribution in [0.5, 0.6) is 0 Å². The first-order valence-corrected chi connectivity index (χ1v) is 7.50. The quantitative estimate of drug-likeness (QED) is 0.880. The molecule has 1 amide bonds. The molecule has 4 heteroatoms. The highest BCUT2D eigenvalue weighted by Crippen LogP contribution is 2.35. The zero-order valence-electron chi connectivity index (χ0n) is 11.0. The number of thiophene rings is 1. The van der Waals surface area contributed by atoms with Gasteiger partial charge in [-0.15, -0.1) is 11.3 Å². The van der Waals surface area contributed by atoms with Crippen LogP contribution in [0.4, 0.5) is 0 Å². The van der Waals surface area contributed by atoms with Crippen molar-refractivity contribution in [3.63, 3.8) is 0 Å². The van der Waals surface area contributed by atoms with Crippen LogP contribution in [0.1, 0.15) is 49.5 Å². The van der Waals surface area contributed by atoms with Gasteiger partial charge in [-0.3, -0.25) is 4.79 Å². The minimum atomic E-state index is -0.372. The Bertz CT molecular complexity index is 414. The SMILES string of the molecule is CC(O)CC(C)NC(=O)C1CCCc2sccc21. The summed E-state index contributed by atoms with van der Waals surface area (Å²) in [6.45, 7) is 3.70. The standard InChI is InChI=1S/C14H21NO2S/c1-9(8-10(2)16)15-14(17)12-4-3-5-13-11(12)6-7-18-13/h6-7,9-10,12,16H,3-5,8H2,1-2H3,(H,15,17). The summed E-state index contributed by atoms with van der Waals surface area (Å²) >= 11 is 1.76. The Labute approximate surface area is 112 Å². The number of nitrogens with one attached hydrogen (secondary N) is 1. The second kappa shape index (κ2) is 5.85. The Morgan fingerprint density at radius 1 is 1.61 bits per heavy atom. The summed E-state index contributed by atoms with van der Waals surface area (Å²) in [5.41, 5.74) is 1.22. The average molecular weight is 267 g/mol. The molecule has 0 fully saturated rings. The molecule has 0 radical (unpaired) electrons. The number of aliphatic hydroxyl groups is 1. The Kier molecular flexibility index (Phi) is 4.40. The van der Waals surface area contributed by atoms with Crippen molar-refractivity contribution in [2.45, 2.75) is 57.6 Å². The van der Waals surface area contributed by atoms with Gasteiger partial charge in [0.05, 0.1) is 12.0 Å². The molecular weight excluding hydrogens is 246 g/mol. The summed E-state index contributed by atoms with van der Waals surface area (Å²) in [7, 11) is 0. The summed E-state index contributed by atoms with van der Waals surface area (Å²) in [6.07, 6.45) is 3.38. The van der Waals surface area contributed by atoms with Crippen molar-refractivity contribution >= 4 is 17.2 Å². The fraction of sp³-hybridized carbons (Fsp3) is 0.643. The lowest BCUT2D eigenvalue weighted by Crippen LogP contribution is -2.38. The summed E-state index contributed by atoms with van der Waals surface area (Å²) in [5.74, 6) is 0.124. The van der Waals surface area contributed by atoms with Gasteiger partial charge in [-0.05, 0) is 56.5 Å². The van der Waals surface area contributed by atoms with E-state index in [0.29, 0.717) is 6.42 Å². The van der Waals surface area contributed by atoms with E-state index in [0.717, 1.165) is 19.3 Å². The molecular formula is C14H21NO2S. The molecule has 0 spiro atoms. The van der Waals surface area contributed by atoms with Gasteiger partial charge < -0.3 is 10.4 Å². The monoisotopic (exact) mass is 267 g/mol. The Hall–Kier alpha value is -0.870. The Morgan fingerprint density at radius 3 is 3.11 bits per heavy atom. The molecule has 1 aromatic heterocycles. The van der Waals surface area contributed by atoms with E-state index >= 15 is 0 Å². The largest absolute Gasteiger partial charge is 0.393 e. The summed E-state index contributed by atoms with van der Waals surface area (Å²) in [5, 5.41) is 14.4. The molecule has 18 heavy (non-hydrogen) atoms. The van der Waals surface area contributed by atoms with Crippen LogP contribution in [0.2, 0.25) is 0 Å². The first kappa shape index (κ1) is 13.6. The van der Waals surface area contributed by atoms with Crippen LogP contribution in [0.25, 0.3) is 0 Å². The number of hydrogen-bond donors (Lipinski definition) is 2. The predicted molar refractivity (Wildman–Crippen MR) is 73.9 cm³/mol. The van der Waals surface area contributed by atoms with E-state index < -0.39 is 0 Å². The molecule has 0 aromatic carbocycles. The van der Waals surface area contributed by atoms with Crippen molar-refractivity contribution in [3.05, 3.63) is 21.9 Å². The van der Waals surface area contributed by atoms with Crippen molar-refractivity contribution in [2.75, 3.05) is 0 Å². The lowest BCUT2D eigenvalue weighted by molar-refractivity contribution is -0.123. The maximum absolute atomic E-state index is 12.3. The van der Waals surface area contributed by atoms with Gasteiger partial charge in [0.15, 0.2) is 0 Å². The average Bonchev–Trinajstić information content (AvgIpc) is 2.74. The topological polar surface area (TPSA) is 49.3 Å². The molecule has 3 atom stereocenters. The van der Waals surface area contributed by atoms with Gasteiger partial charge in [-0.25, -0.2) is 0 Å². The highest BCUT2D eigenvalue weighted by atomic mass is 32.1. The molecule has 100 valence electrons. The zero-order valence-corrected chi connectivity index (χ0v) is 11.8. The molecule has 1 aliphatic carbocycles. The van der Waals surface area contributed by atoms with E-state index in [-0.39, 0.29) is 24.0 Å². The van der Waals surface area contributed by atoms with E-state index in [4.69, 9.17) is 0 Å². The Balaban J connectivity index is 1.99. The molecule has 0 saturated carbocycles. The highest BCUT2D eigenvalue weighted by molar-refractivity contribution is 7.10. The van der Waals surface area contributed by atoms with Crippen LogP contribution in [0, 0.1) is 0 Å². The van der Waals surface area contributed by atoms with Crippen LogP contribution >= 0.6 is 11.3 Å². The van der Waals surface area contributed by atoms with Crippen LogP contribution in [-0.4, -0.2) is 23.2 Å². The number of aryl methyl sites for hydroxylation is 1. The minimum Gasteiger partial charge on any atom is -0.393 e. The number of carbonyl (C=O) groups is 1. The van der Waals surface area contributed by atoms with Gasteiger partial charge in [0.2, 0.25) is 5.91 Å². The van der Waals surface area contributed by atoms with Crippen molar-refractivity contribution in [1.82, 2.24) is 5.32 Å². The van der Waals surface area contributed by atoms with Gasteiger partial charge in [0.25, 0.3) is 0 Å². The van der Waals surface area contributed by atoms with Crippen molar-refractivity contribution < 1.29 is 9.90 Å². The lowest BCUT2D eigenvalue weighted by Gasteiger charge is -2.24. The minimum absolute atomic E-state index is 0.0106. The molecule has 0 aliphatic heterocycles. The third-order valence-electron chi connectivity index (χ3n) is 3.45. The molecule has 1 aromatic rings. The van der Waals surface area contributed by atoms with Crippen molar-refractivity contribution in [3.8, 4) is 0 Å². The third-order valence-corrected chi connectivity index (χ3v) is 4.45.